The first-order valence-electron chi connectivity index (χ1n) is 22.3. The number of aryl methyl sites for hydroxylation is 1. The molecular formula is C50H78F5N5O2. The van der Waals surface area contributed by atoms with Gasteiger partial charge in [-0.15, -0.1) is 0 Å². The molecule has 7 nitrogen and oxygen atoms in total. The molecule has 0 aromatic heterocycles. The lowest BCUT2D eigenvalue weighted by Gasteiger charge is -2.23. The Bertz CT molecular complexity index is 1690. The van der Waals surface area contributed by atoms with E-state index in [1.165, 1.54) is 51.9 Å². The van der Waals surface area contributed by atoms with Crippen LogP contribution in [0.4, 0.5) is 27.6 Å². The number of piperidine rings is 1. The Kier molecular flexibility index (Phi) is 33.7. The Morgan fingerprint density at radius 2 is 1.48 bits per heavy atom. The number of alkyl halides is 3. The van der Waals surface area contributed by atoms with Gasteiger partial charge in [0.15, 0.2) is 17.5 Å². The summed E-state index contributed by atoms with van der Waals surface area (Å²) in [6, 6.07) is 10.3. The number of aliphatic imine (C=N–C) groups is 2. The summed E-state index contributed by atoms with van der Waals surface area (Å²) in [5.41, 5.74) is 4.39. The molecule has 1 unspecified atom stereocenters. The third-order valence-corrected chi connectivity index (χ3v) is 9.30. The van der Waals surface area contributed by atoms with E-state index in [-0.39, 0.29) is 17.0 Å². The molecule has 0 spiro atoms. The molecule has 0 aliphatic carbocycles. The van der Waals surface area contributed by atoms with E-state index in [4.69, 9.17) is 4.79 Å². The lowest BCUT2D eigenvalue weighted by Crippen LogP contribution is -2.29. The van der Waals surface area contributed by atoms with E-state index >= 15 is 0 Å². The molecule has 12 heteroatoms. The minimum atomic E-state index is -4.64. The zero-order chi connectivity index (χ0) is 47.7. The van der Waals surface area contributed by atoms with Gasteiger partial charge >= 0.3 is 6.18 Å². The fraction of sp³-hybridized carbons (Fsp3) is 0.560. The molecule has 1 aliphatic heterocycles. The average Bonchev–Trinajstić information content (AvgIpc) is 3.26. The van der Waals surface area contributed by atoms with Crippen molar-refractivity contribution in [1.29, 1.82) is 0 Å². The molecule has 0 radical (unpaired) electrons. The molecule has 1 aliphatic rings. The van der Waals surface area contributed by atoms with Crippen molar-refractivity contribution >= 4 is 35.0 Å². The second-order valence-electron chi connectivity index (χ2n) is 15.3. The van der Waals surface area contributed by atoms with E-state index in [9.17, 15) is 26.7 Å². The first kappa shape index (κ1) is 59.6. The van der Waals surface area contributed by atoms with Crippen LogP contribution in [0.2, 0.25) is 0 Å². The zero-order valence-corrected chi connectivity index (χ0v) is 40.0. The summed E-state index contributed by atoms with van der Waals surface area (Å²) < 4.78 is 59.6. The molecule has 1 fully saturated rings. The number of carbonyl (C=O) groups excluding carboxylic acids is 2. The summed E-state index contributed by atoms with van der Waals surface area (Å²) in [5, 5.41) is 9.72. The Labute approximate surface area is 371 Å². The van der Waals surface area contributed by atoms with Crippen molar-refractivity contribution < 1.29 is 31.5 Å². The third-order valence-electron chi connectivity index (χ3n) is 9.30. The molecule has 350 valence electrons. The van der Waals surface area contributed by atoms with Crippen LogP contribution in [0.3, 0.4) is 0 Å². The number of amides is 1. The van der Waals surface area contributed by atoms with Crippen LogP contribution >= 0.6 is 0 Å². The molecule has 2 aromatic carbocycles. The number of hydrogen-bond donors (Lipinski definition) is 3. The SMILES string of the molecule is C/C=C\N=C(Nc1ccc(C(=O)NCC(CCC)CCC(C)C)cc1)C(C)=N/C=C(\C)c1ccc(C)c(F)c1F.CC.CC/C=C(\C)C1CCNCC1.CCC.O=CC(F)(F)F. The van der Waals surface area contributed by atoms with E-state index in [2.05, 4.69) is 80.5 Å². The minimum absolute atomic E-state index is 0.0851. The van der Waals surface area contributed by atoms with Crippen LogP contribution in [0.5, 0.6) is 0 Å². The standard InChI is InChI=1S/C33H44F2N4O.C10H19N.C3H8.C2HF3O.C2H6/c1-8-10-26(13-11-22(3)4)21-38-33(40)27-14-16-28(17-15-27)39-32(36-19-9-2)25(7)37-20-24(6)29-18-12-23(5)30(34)31(29)35;1-3-4-9(2)10-5-7-11-8-6-10;1-3-2;3-2(4,5)1-6;1-2/h9,12,14-20,22,26H,8,10-11,13,21H2,1-7H3,(H,36,39)(H,38,40);4,10-11H,3,5-8H2,1-2H3;3H2,1-2H3;1H;1-2H3/b19-9-,24-20+,37-25?;9-4+;;;. The highest BCUT2D eigenvalue weighted by molar-refractivity contribution is 6.45. The van der Waals surface area contributed by atoms with Gasteiger partial charge in [-0.05, 0) is 133 Å². The van der Waals surface area contributed by atoms with Gasteiger partial charge in [0.25, 0.3) is 5.91 Å². The van der Waals surface area contributed by atoms with E-state index in [1.54, 1.807) is 56.0 Å². The van der Waals surface area contributed by atoms with Crippen LogP contribution in [-0.2, 0) is 4.79 Å². The quantitative estimate of drug-likeness (QED) is 0.0546. The fourth-order valence-corrected chi connectivity index (χ4v) is 5.91. The second kappa shape index (κ2) is 35.1. The predicted octanol–water partition coefficient (Wildman–Crippen LogP) is 14.3. The monoisotopic (exact) mass is 876 g/mol. The topological polar surface area (TPSA) is 94.9 Å². The molecule has 1 heterocycles. The molecule has 0 bridgehead atoms. The fourth-order valence-electron chi connectivity index (χ4n) is 5.91. The van der Waals surface area contributed by atoms with Gasteiger partial charge in [0.1, 0.15) is 0 Å². The largest absolute Gasteiger partial charge is 0.446 e. The van der Waals surface area contributed by atoms with Gasteiger partial charge in [0.2, 0.25) is 6.29 Å². The van der Waals surface area contributed by atoms with Crippen LogP contribution in [0, 0.1) is 36.3 Å². The van der Waals surface area contributed by atoms with Crippen LogP contribution in [0.1, 0.15) is 156 Å². The Morgan fingerprint density at radius 1 is 0.903 bits per heavy atom. The molecule has 1 atom stereocenters. The number of carbonyl (C=O) groups is 2. The number of halogens is 5. The molecule has 0 saturated carbocycles. The number of amidine groups is 1. The maximum absolute atomic E-state index is 14.4. The molecule has 3 N–H and O–H groups in total. The van der Waals surface area contributed by atoms with Crippen LogP contribution < -0.4 is 16.0 Å². The summed E-state index contributed by atoms with van der Waals surface area (Å²) in [5.74, 6) is 0.682. The van der Waals surface area contributed by atoms with Gasteiger partial charge in [-0.25, -0.2) is 13.8 Å². The van der Waals surface area contributed by atoms with E-state index in [0.717, 1.165) is 37.3 Å². The van der Waals surface area contributed by atoms with E-state index in [0.29, 0.717) is 41.1 Å². The van der Waals surface area contributed by atoms with Crippen molar-refractivity contribution in [2.24, 2.45) is 27.7 Å². The lowest BCUT2D eigenvalue weighted by molar-refractivity contribution is -0.156. The van der Waals surface area contributed by atoms with Crippen LogP contribution in [0.15, 0.2) is 76.5 Å². The summed E-state index contributed by atoms with van der Waals surface area (Å²) in [7, 11) is 0. The predicted molar refractivity (Wildman–Crippen MR) is 254 cm³/mol. The molecular weight excluding hydrogens is 798 g/mol. The normalized spacial score (nSPS) is 14.2. The molecule has 3 rings (SSSR count). The Morgan fingerprint density at radius 3 is 1.98 bits per heavy atom. The van der Waals surface area contributed by atoms with Gasteiger partial charge in [0.05, 0.1) is 5.71 Å². The van der Waals surface area contributed by atoms with Gasteiger partial charge in [-0.1, -0.05) is 105 Å². The van der Waals surface area contributed by atoms with Gasteiger partial charge in [-0.2, -0.15) is 13.2 Å². The van der Waals surface area contributed by atoms with Gasteiger partial charge in [-0.3, -0.25) is 14.6 Å². The first-order chi connectivity index (χ1) is 29.4. The van der Waals surface area contributed by atoms with Crippen molar-refractivity contribution in [3.63, 3.8) is 0 Å². The van der Waals surface area contributed by atoms with Crippen molar-refractivity contribution in [3.8, 4) is 0 Å². The van der Waals surface area contributed by atoms with Crippen molar-refractivity contribution in [2.45, 2.75) is 148 Å². The van der Waals surface area contributed by atoms with E-state index < -0.39 is 24.1 Å². The average molecular weight is 876 g/mol. The lowest BCUT2D eigenvalue weighted by atomic mass is 9.90. The maximum atomic E-state index is 14.4. The number of nitrogens with one attached hydrogen (secondary N) is 3. The maximum Gasteiger partial charge on any atom is 0.446 e. The van der Waals surface area contributed by atoms with Gasteiger partial charge < -0.3 is 16.0 Å². The number of rotatable bonds is 15. The highest BCUT2D eigenvalue weighted by atomic mass is 19.4. The number of benzene rings is 2. The van der Waals surface area contributed by atoms with Crippen LogP contribution in [-0.4, -0.2) is 49.6 Å². The number of allylic oxidation sites excluding steroid dienone is 4. The smallest absolute Gasteiger partial charge is 0.352 e. The number of aldehydes is 1. The highest BCUT2D eigenvalue weighted by Crippen LogP contribution is 2.23. The van der Waals surface area contributed by atoms with E-state index in [1.807, 2.05) is 32.9 Å². The number of anilines is 1. The van der Waals surface area contributed by atoms with Gasteiger partial charge in [0, 0.05) is 35.8 Å². The minimum Gasteiger partial charge on any atom is -0.352 e. The Hall–Kier alpha value is -4.45. The highest BCUT2D eigenvalue weighted by Gasteiger charge is 2.25. The summed E-state index contributed by atoms with van der Waals surface area (Å²) in [6.07, 6.45) is 11.2. The number of hydrogen-bond acceptors (Lipinski definition) is 5. The summed E-state index contributed by atoms with van der Waals surface area (Å²) in [4.78, 5) is 30.3. The zero-order valence-electron chi connectivity index (χ0n) is 40.0. The van der Waals surface area contributed by atoms with Crippen molar-refractivity contribution in [1.82, 2.24) is 10.6 Å². The summed E-state index contributed by atoms with van der Waals surface area (Å²) in [6.45, 7) is 29.3. The van der Waals surface area contributed by atoms with Crippen molar-refractivity contribution in [3.05, 3.63) is 94.8 Å². The molecule has 2 aromatic rings. The molecule has 62 heavy (non-hydrogen) atoms. The van der Waals surface area contributed by atoms with Crippen LogP contribution in [0.25, 0.3) is 5.57 Å². The number of nitrogens with zero attached hydrogens (tertiary/aromatic N) is 2. The molecule has 1 amide bonds. The first-order valence-corrected chi connectivity index (χ1v) is 22.3. The summed E-state index contributed by atoms with van der Waals surface area (Å²) >= 11 is 0. The second-order valence-corrected chi connectivity index (χ2v) is 15.3. The van der Waals surface area contributed by atoms with Crippen molar-refractivity contribution in [2.75, 3.05) is 25.0 Å². The Balaban J connectivity index is 0. The third kappa shape index (κ3) is 26.8. The molecule has 1 saturated heterocycles.